The Kier molecular flexibility index (Phi) is 12.1. The highest BCUT2D eigenvalue weighted by Crippen LogP contribution is 2.46. The van der Waals surface area contributed by atoms with Crippen LogP contribution in [0.4, 0.5) is 21.0 Å². The van der Waals surface area contributed by atoms with Crippen LogP contribution in [0, 0.1) is 0 Å². The van der Waals surface area contributed by atoms with Gasteiger partial charge in [0.05, 0.1) is 23.7 Å². The minimum absolute atomic E-state index is 0.00133. The summed E-state index contributed by atoms with van der Waals surface area (Å²) in [4.78, 5) is 49.2. The van der Waals surface area contributed by atoms with Crippen LogP contribution in [-0.4, -0.2) is 101 Å². The summed E-state index contributed by atoms with van der Waals surface area (Å²) in [5.74, 6) is -3.06. The van der Waals surface area contributed by atoms with Gasteiger partial charge in [0.1, 0.15) is 16.7 Å². The van der Waals surface area contributed by atoms with Crippen LogP contribution in [0.1, 0.15) is 62.7 Å². The van der Waals surface area contributed by atoms with Gasteiger partial charge >= 0.3 is 24.1 Å². The minimum Gasteiger partial charge on any atom is -0.479 e. The van der Waals surface area contributed by atoms with E-state index in [-0.39, 0.29) is 47.1 Å². The zero-order valence-corrected chi connectivity index (χ0v) is 32.8. The average molecular weight is 807 g/mol. The number of sulfonamides is 1. The summed E-state index contributed by atoms with van der Waals surface area (Å²) in [7, 11) is -3.79. The van der Waals surface area contributed by atoms with Crippen molar-refractivity contribution < 1.29 is 52.0 Å². The second-order valence-electron chi connectivity index (χ2n) is 14.7. The Bertz CT molecular complexity index is 2020. The van der Waals surface area contributed by atoms with Gasteiger partial charge in [-0.3, -0.25) is 5.32 Å². The van der Waals surface area contributed by atoms with Crippen LogP contribution < -0.4 is 15.4 Å². The van der Waals surface area contributed by atoms with Crippen LogP contribution in [0.5, 0.6) is 5.75 Å². The van der Waals surface area contributed by atoms with Crippen LogP contribution in [0.3, 0.4) is 0 Å². The Balaban J connectivity index is 1.17. The number of aromatic carboxylic acids is 1. The topological polar surface area (TPSA) is 201 Å². The molecule has 2 fully saturated rings. The molecule has 292 valence electrons. The lowest BCUT2D eigenvalue weighted by atomic mass is 9.89. The number of nitrogens with zero attached hydrogens (tertiary/aromatic N) is 2. The molecular weight excluding hydrogens is 764 g/mol. The minimum atomic E-state index is -3.79. The predicted molar refractivity (Wildman–Crippen MR) is 203 cm³/mol. The second kappa shape index (κ2) is 16.0. The Labute approximate surface area is 322 Å². The van der Waals surface area contributed by atoms with Gasteiger partial charge in [-0.2, -0.15) is 4.31 Å². The molecule has 0 saturated carbocycles. The largest absolute Gasteiger partial charge is 0.479 e. The van der Waals surface area contributed by atoms with Crippen molar-refractivity contribution in [3.05, 3.63) is 64.0 Å². The van der Waals surface area contributed by atoms with Gasteiger partial charge in [-0.25, -0.2) is 27.6 Å². The van der Waals surface area contributed by atoms with E-state index in [1.54, 1.807) is 63.2 Å². The van der Waals surface area contributed by atoms with E-state index in [0.717, 1.165) is 11.3 Å². The molecule has 1 aromatic heterocycles. The molecule has 3 heterocycles. The third kappa shape index (κ3) is 10.1. The smallest absolute Gasteiger partial charge is 0.412 e. The molecule has 2 amide bonds. The fraction of sp³-hybridized carbons (Fsp3) is 0.444. The molecule has 18 heteroatoms. The summed E-state index contributed by atoms with van der Waals surface area (Å²) < 4.78 is 45.0. The van der Waals surface area contributed by atoms with Gasteiger partial charge in [-0.15, -0.1) is 11.3 Å². The Morgan fingerprint density at radius 3 is 2.37 bits per heavy atom. The van der Waals surface area contributed by atoms with E-state index in [2.05, 4.69) is 10.6 Å². The predicted octanol–water partition coefficient (Wildman–Crippen LogP) is 6.58. The molecule has 3 aromatic rings. The van der Waals surface area contributed by atoms with Gasteiger partial charge in [-0.1, -0.05) is 35.9 Å². The van der Waals surface area contributed by atoms with Gasteiger partial charge in [0.2, 0.25) is 10.0 Å². The number of carboxylic acid groups (broad SMARTS) is 2. The molecule has 54 heavy (non-hydrogen) atoms. The summed E-state index contributed by atoms with van der Waals surface area (Å²) in [6.07, 6.45) is -0.706. The van der Waals surface area contributed by atoms with E-state index < -0.39 is 58.0 Å². The number of carboxylic acids is 2. The van der Waals surface area contributed by atoms with Crippen LogP contribution in [0.25, 0.3) is 10.4 Å². The van der Waals surface area contributed by atoms with E-state index in [0.29, 0.717) is 40.2 Å². The van der Waals surface area contributed by atoms with Gasteiger partial charge < -0.3 is 34.6 Å². The summed E-state index contributed by atoms with van der Waals surface area (Å²) in [5, 5.41) is 24.8. The number of halogens is 1. The summed E-state index contributed by atoms with van der Waals surface area (Å²) in [6, 6.07) is 13.6. The quantitative estimate of drug-likeness (QED) is 0.153. The van der Waals surface area contributed by atoms with E-state index >= 15 is 0 Å². The molecule has 0 bridgehead atoms. The highest BCUT2D eigenvalue weighted by atomic mass is 35.5. The molecule has 2 saturated heterocycles. The Hall–Kier alpha value is -4.58. The number of amides is 2. The standard InChI is InChI=1S/C36H43ClN4O11S2/c1-35(2,3)52-34(47)40-17-26(18-40)51-33(46)39-23-10-6-8-21(14-23)20-54(48,49)41-13-12-25(16-36(41,4)5)38-24-11-7-9-22(15-24)30-28(37)29(50-19-27(42)43)31(53-30)32(44)45/h6-11,14-15,25-26,38H,12-13,16-20H2,1-5H3,(H,39,46)(H,42,43)(H,44,45)/t25-/m0/s1. The molecule has 2 aliphatic rings. The summed E-state index contributed by atoms with van der Waals surface area (Å²) in [5.41, 5.74) is 0.764. The molecular formula is C36H43ClN4O11S2. The number of hydrogen-bond acceptors (Lipinski definition) is 11. The molecule has 0 unspecified atom stereocenters. The fourth-order valence-corrected chi connectivity index (χ4v) is 9.68. The van der Waals surface area contributed by atoms with Crippen molar-refractivity contribution in [3.63, 3.8) is 0 Å². The number of anilines is 2. The van der Waals surface area contributed by atoms with E-state index in [1.807, 2.05) is 19.9 Å². The molecule has 4 N–H and O–H groups in total. The monoisotopic (exact) mass is 806 g/mol. The maximum absolute atomic E-state index is 13.8. The van der Waals surface area contributed by atoms with E-state index in [9.17, 15) is 32.7 Å². The number of nitrogens with one attached hydrogen (secondary N) is 2. The lowest BCUT2D eigenvalue weighted by Gasteiger charge is -2.45. The maximum Gasteiger partial charge on any atom is 0.412 e. The highest BCUT2D eigenvalue weighted by Gasteiger charge is 2.42. The first-order valence-corrected chi connectivity index (χ1v) is 19.8. The molecule has 5 rings (SSSR count). The number of likely N-dealkylation sites (tertiary alicyclic amines) is 1. The third-order valence-electron chi connectivity index (χ3n) is 8.57. The summed E-state index contributed by atoms with van der Waals surface area (Å²) in [6.45, 7) is 8.96. The van der Waals surface area contributed by atoms with Crippen molar-refractivity contribution in [2.75, 3.05) is 36.9 Å². The Morgan fingerprint density at radius 2 is 1.72 bits per heavy atom. The Morgan fingerprint density at radius 1 is 1.04 bits per heavy atom. The van der Waals surface area contributed by atoms with Gasteiger partial charge in [-0.05, 0) is 82.9 Å². The lowest BCUT2D eigenvalue weighted by molar-refractivity contribution is -0.139. The molecule has 2 aromatic carbocycles. The van der Waals surface area contributed by atoms with Crippen molar-refractivity contribution in [2.45, 2.75) is 76.5 Å². The van der Waals surface area contributed by atoms with Crippen molar-refractivity contribution >= 4 is 68.5 Å². The number of carbonyl (C=O) groups is 4. The number of thiophene rings is 1. The lowest BCUT2D eigenvalue weighted by Crippen LogP contribution is -2.56. The van der Waals surface area contributed by atoms with Crippen molar-refractivity contribution in [2.24, 2.45) is 0 Å². The SMILES string of the molecule is CC(C)(C)OC(=O)N1CC(OC(=O)Nc2cccc(CS(=O)(=O)N3CC[C@H](Nc4cccc(-c5sc(C(=O)O)c(OCC(=O)O)c5Cl)c4)CC3(C)C)c2)C1. The molecule has 1 atom stereocenters. The maximum atomic E-state index is 13.8. The third-order valence-corrected chi connectivity index (χ3v) is 12.3. The summed E-state index contributed by atoms with van der Waals surface area (Å²) >= 11 is 7.36. The van der Waals surface area contributed by atoms with Crippen molar-refractivity contribution in [1.82, 2.24) is 9.21 Å². The van der Waals surface area contributed by atoms with Crippen LogP contribution in [0.2, 0.25) is 5.02 Å². The number of ether oxygens (including phenoxy) is 3. The van der Waals surface area contributed by atoms with Gasteiger partial charge in [0, 0.05) is 29.5 Å². The van der Waals surface area contributed by atoms with Crippen molar-refractivity contribution in [3.8, 4) is 16.2 Å². The van der Waals surface area contributed by atoms with E-state index in [1.165, 1.54) is 9.21 Å². The second-order valence-corrected chi connectivity index (χ2v) is 18.0. The first-order chi connectivity index (χ1) is 25.2. The van der Waals surface area contributed by atoms with Crippen LogP contribution in [-0.2, 0) is 30.0 Å². The number of piperidine rings is 1. The molecule has 0 radical (unpaired) electrons. The highest BCUT2D eigenvalue weighted by molar-refractivity contribution is 7.88. The normalized spacial score (nSPS) is 17.6. The zero-order valence-electron chi connectivity index (χ0n) is 30.4. The first kappa shape index (κ1) is 40.6. The van der Waals surface area contributed by atoms with Crippen LogP contribution >= 0.6 is 22.9 Å². The number of rotatable bonds is 12. The molecule has 2 aliphatic heterocycles. The van der Waals surface area contributed by atoms with Crippen molar-refractivity contribution in [1.29, 1.82) is 0 Å². The van der Waals surface area contributed by atoms with Crippen LogP contribution in [0.15, 0.2) is 48.5 Å². The number of carbonyl (C=O) groups excluding carboxylic acids is 2. The molecule has 15 nitrogen and oxygen atoms in total. The first-order valence-electron chi connectivity index (χ1n) is 17.0. The molecule has 0 spiro atoms. The number of benzene rings is 2. The van der Waals surface area contributed by atoms with Gasteiger partial charge in [0.25, 0.3) is 0 Å². The number of aliphatic carboxylic acids is 1. The van der Waals surface area contributed by atoms with E-state index in [4.69, 9.17) is 30.9 Å². The zero-order chi connectivity index (χ0) is 39.6. The number of hydrogen-bond donors (Lipinski definition) is 4. The van der Waals surface area contributed by atoms with Gasteiger partial charge in [0.15, 0.2) is 17.2 Å². The average Bonchev–Trinajstić information content (AvgIpc) is 3.36. The molecule has 0 aliphatic carbocycles. The fourth-order valence-electron chi connectivity index (χ4n) is 6.31.